The van der Waals surface area contributed by atoms with Gasteiger partial charge in [0.1, 0.15) is 0 Å². The first-order valence-electron chi connectivity index (χ1n) is 6.54. The average molecular weight is 243 g/mol. The molecule has 0 aliphatic heterocycles. The van der Waals surface area contributed by atoms with Gasteiger partial charge in [-0.15, -0.1) is 0 Å². The van der Waals surface area contributed by atoms with Gasteiger partial charge in [-0.2, -0.15) is 0 Å². The minimum absolute atomic E-state index is 0.00539. The molecule has 0 radical (unpaired) electrons. The predicted octanol–water partition coefficient (Wildman–Crippen LogP) is 2.48. The van der Waals surface area contributed by atoms with Gasteiger partial charge in [0.05, 0.1) is 17.4 Å². The lowest BCUT2D eigenvalue weighted by Crippen LogP contribution is -2.27. The highest BCUT2D eigenvalue weighted by Gasteiger charge is 2.17. The van der Waals surface area contributed by atoms with Crippen LogP contribution in [0.25, 0.3) is 11.0 Å². The molecule has 3 rings (SSSR count). The molecule has 1 aromatic heterocycles. The molecule has 0 atom stereocenters. The van der Waals surface area contributed by atoms with Crippen molar-refractivity contribution in [2.75, 3.05) is 6.54 Å². The molecular weight excluding hydrogens is 226 g/mol. The Labute approximate surface area is 106 Å². The third-order valence-corrected chi connectivity index (χ3v) is 3.75. The maximum Gasteiger partial charge on any atom is 0.251 e. The largest absolute Gasteiger partial charge is 0.352 e. The van der Waals surface area contributed by atoms with E-state index in [4.69, 9.17) is 0 Å². The first kappa shape index (κ1) is 11.3. The molecule has 0 saturated heterocycles. The van der Waals surface area contributed by atoms with Crippen LogP contribution in [0.3, 0.4) is 0 Å². The van der Waals surface area contributed by atoms with Crippen molar-refractivity contribution < 1.29 is 4.79 Å². The Hall–Kier alpha value is -1.84. The summed E-state index contributed by atoms with van der Waals surface area (Å²) in [5.41, 5.74) is 2.49. The second-order valence-corrected chi connectivity index (χ2v) is 4.98. The van der Waals surface area contributed by atoms with Crippen LogP contribution in [0, 0.1) is 5.92 Å². The van der Waals surface area contributed by atoms with Gasteiger partial charge in [-0.25, -0.2) is 4.98 Å². The summed E-state index contributed by atoms with van der Waals surface area (Å²) in [6.45, 7) is 0.782. The number of benzene rings is 1. The highest BCUT2D eigenvalue weighted by atomic mass is 16.1. The van der Waals surface area contributed by atoms with Crippen molar-refractivity contribution in [3.8, 4) is 0 Å². The van der Waals surface area contributed by atoms with Crippen molar-refractivity contribution in [3.05, 3.63) is 30.1 Å². The molecule has 1 heterocycles. The van der Waals surface area contributed by atoms with E-state index in [2.05, 4.69) is 15.3 Å². The molecule has 1 aliphatic rings. The van der Waals surface area contributed by atoms with E-state index in [1.807, 2.05) is 18.2 Å². The zero-order valence-corrected chi connectivity index (χ0v) is 10.3. The molecule has 0 bridgehead atoms. The average Bonchev–Trinajstić information content (AvgIpc) is 2.79. The lowest BCUT2D eigenvalue weighted by Gasteiger charge is -2.25. The van der Waals surface area contributed by atoms with E-state index in [0.717, 1.165) is 29.9 Å². The van der Waals surface area contributed by atoms with Crippen LogP contribution in [0.1, 0.15) is 36.0 Å². The number of hydrogen-bond acceptors (Lipinski definition) is 2. The minimum Gasteiger partial charge on any atom is -0.352 e. The summed E-state index contributed by atoms with van der Waals surface area (Å²) < 4.78 is 0. The van der Waals surface area contributed by atoms with Gasteiger partial charge in [-0.05, 0) is 30.5 Å². The highest BCUT2D eigenvalue weighted by molar-refractivity contribution is 5.97. The maximum absolute atomic E-state index is 12.0. The van der Waals surface area contributed by atoms with Gasteiger partial charge in [-0.1, -0.05) is 19.3 Å². The number of amides is 1. The Morgan fingerprint density at radius 3 is 3.11 bits per heavy atom. The summed E-state index contributed by atoms with van der Waals surface area (Å²) >= 11 is 0. The van der Waals surface area contributed by atoms with Gasteiger partial charge in [0, 0.05) is 12.1 Å². The number of hydrogen-bond donors (Lipinski definition) is 2. The fourth-order valence-corrected chi connectivity index (χ4v) is 2.35. The van der Waals surface area contributed by atoms with Gasteiger partial charge >= 0.3 is 0 Å². The van der Waals surface area contributed by atoms with Gasteiger partial charge in [0.2, 0.25) is 0 Å². The predicted molar refractivity (Wildman–Crippen MR) is 70.4 cm³/mol. The summed E-state index contributed by atoms with van der Waals surface area (Å²) in [4.78, 5) is 19.1. The SMILES string of the molecule is O=C(NCCC1CCC1)c1ccc2nc[nH]c2c1. The van der Waals surface area contributed by atoms with E-state index in [0.29, 0.717) is 5.56 Å². The normalized spacial score (nSPS) is 15.6. The molecule has 0 spiro atoms. The molecular formula is C14H17N3O. The number of H-pyrrole nitrogens is 1. The van der Waals surface area contributed by atoms with Crippen molar-refractivity contribution in [1.29, 1.82) is 0 Å². The molecule has 1 aliphatic carbocycles. The number of nitrogens with zero attached hydrogens (tertiary/aromatic N) is 1. The molecule has 18 heavy (non-hydrogen) atoms. The number of imidazole rings is 1. The number of rotatable bonds is 4. The fourth-order valence-electron chi connectivity index (χ4n) is 2.35. The van der Waals surface area contributed by atoms with Gasteiger partial charge in [0.25, 0.3) is 5.91 Å². The standard InChI is InChI=1S/C14H17N3O/c18-14(15-7-6-10-2-1-3-10)11-4-5-12-13(8-11)17-9-16-12/h4-5,8-10H,1-3,6-7H2,(H,15,18)(H,16,17). The molecule has 1 fully saturated rings. The van der Waals surface area contributed by atoms with Crippen LogP contribution in [0.15, 0.2) is 24.5 Å². The fraction of sp³-hybridized carbons (Fsp3) is 0.429. The van der Waals surface area contributed by atoms with Crippen molar-refractivity contribution >= 4 is 16.9 Å². The number of aromatic nitrogens is 2. The third kappa shape index (κ3) is 2.23. The van der Waals surface area contributed by atoms with E-state index in [1.165, 1.54) is 19.3 Å². The van der Waals surface area contributed by atoms with Crippen LogP contribution >= 0.6 is 0 Å². The second kappa shape index (κ2) is 4.80. The van der Waals surface area contributed by atoms with Crippen molar-refractivity contribution in [3.63, 3.8) is 0 Å². The molecule has 1 saturated carbocycles. The Balaban J connectivity index is 1.60. The van der Waals surface area contributed by atoms with Crippen molar-refractivity contribution in [2.24, 2.45) is 5.92 Å². The lowest BCUT2D eigenvalue weighted by atomic mass is 9.83. The Morgan fingerprint density at radius 1 is 1.44 bits per heavy atom. The summed E-state index contributed by atoms with van der Waals surface area (Å²) in [5.74, 6) is 0.839. The van der Waals surface area contributed by atoms with Crippen molar-refractivity contribution in [2.45, 2.75) is 25.7 Å². The molecule has 94 valence electrons. The molecule has 4 heteroatoms. The molecule has 0 unspecified atom stereocenters. The Kier molecular flexibility index (Phi) is 3.00. The monoisotopic (exact) mass is 243 g/mol. The van der Waals surface area contributed by atoms with Crippen LogP contribution < -0.4 is 5.32 Å². The van der Waals surface area contributed by atoms with Crippen LogP contribution in [-0.2, 0) is 0 Å². The zero-order chi connectivity index (χ0) is 12.4. The molecule has 4 nitrogen and oxygen atoms in total. The first-order chi connectivity index (χ1) is 8.83. The number of carbonyl (C=O) groups is 1. The van der Waals surface area contributed by atoms with E-state index < -0.39 is 0 Å². The molecule has 2 N–H and O–H groups in total. The van der Waals surface area contributed by atoms with Crippen molar-refractivity contribution in [1.82, 2.24) is 15.3 Å². The first-order valence-corrected chi connectivity index (χ1v) is 6.54. The van der Waals surface area contributed by atoms with E-state index in [1.54, 1.807) is 6.33 Å². The van der Waals surface area contributed by atoms with Crippen LogP contribution in [0.4, 0.5) is 0 Å². The number of carbonyl (C=O) groups excluding carboxylic acids is 1. The summed E-state index contributed by atoms with van der Waals surface area (Å²) in [5, 5.41) is 2.98. The molecule has 1 aromatic carbocycles. The van der Waals surface area contributed by atoms with Crippen LogP contribution in [-0.4, -0.2) is 22.4 Å². The number of nitrogens with one attached hydrogen (secondary N) is 2. The van der Waals surface area contributed by atoms with Gasteiger partial charge < -0.3 is 10.3 Å². The second-order valence-electron chi connectivity index (χ2n) is 4.98. The Bertz CT molecular complexity index is 557. The Morgan fingerprint density at radius 2 is 2.33 bits per heavy atom. The quantitative estimate of drug-likeness (QED) is 0.866. The van der Waals surface area contributed by atoms with Crippen LogP contribution in [0.2, 0.25) is 0 Å². The number of aromatic amines is 1. The van der Waals surface area contributed by atoms with Gasteiger partial charge in [-0.3, -0.25) is 4.79 Å². The van der Waals surface area contributed by atoms with E-state index in [9.17, 15) is 4.79 Å². The summed E-state index contributed by atoms with van der Waals surface area (Å²) in [6, 6.07) is 5.54. The number of fused-ring (bicyclic) bond motifs is 1. The van der Waals surface area contributed by atoms with Crippen LogP contribution in [0.5, 0.6) is 0 Å². The third-order valence-electron chi connectivity index (χ3n) is 3.75. The summed E-state index contributed by atoms with van der Waals surface area (Å²) in [7, 11) is 0. The highest BCUT2D eigenvalue weighted by Crippen LogP contribution is 2.28. The lowest BCUT2D eigenvalue weighted by molar-refractivity contribution is 0.0949. The molecule has 1 amide bonds. The van der Waals surface area contributed by atoms with Gasteiger partial charge in [0.15, 0.2) is 0 Å². The smallest absolute Gasteiger partial charge is 0.251 e. The van der Waals surface area contributed by atoms with E-state index >= 15 is 0 Å². The minimum atomic E-state index is 0.00539. The summed E-state index contributed by atoms with van der Waals surface area (Å²) in [6.07, 6.45) is 6.77. The van der Waals surface area contributed by atoms with E-state index in [-0.39, 0.29) is 5.91 Å². The topological polar surface area (TPSA) is 57.8 Å². The molecule has 2 aromatic rings. The maximum atomic E-state index is 12.0. The zero-order valence-electron chi connectivity index (χ0n) is 10.3.